The molecule has 1 fully saturated rings. The molecule has 2 rings (SSSR count). The predicted molar refractivity (Wildman–Crippen MR) is 95.4 cm³/mol. The zero-order valence-corrected chi connectivity index (χ0v) is 17.5. The Bertz CT molecular complexity index is 942. The molecule has 0 saturated carbocycles. The number of rotatable bonds is 8. The minimum absolute atomic E-state index is 0.163. The number of aromatic amines is 1. The van der Waals surface area contributed by atoms with E-state index in [0.29, 0.717) is 12.8 Å². The third kappa shape index (κ3) is 7.65. The van der Waals surface area contributed by atoms with Crippen LogP contribution in [0.5, 0.6) is 0 Å². The van der Waals surface area contributed by atoms with Crippen LogP contribution in [0.3, 0.4) is 0 Å². The Labute approximate surface area is 161 Å². The highest BCUT2D eigenvalue weighted by atomic mass is 32.2. The van der Waals surface area contributed by atoms with Crippen LogP contribution in [0.1, 0.15) is 18.2 Å². The van der Waals surface area contributed by atoms with Crippen LogP contribution in [0.2, 0.25) is 0 Å². The van der Waals surface area contributed by atoms with Crippen molar-refractivity contribution in [2.75, 3.05) is 6.61 Å². The molecule has 154 valence electrons. The van der Waals surface area contributed by atoms with E-state index in [1.165, 1.54) is 24.0 Å². The lowest BCUT2D eigenvalue weighted by Crippen LogP contribution is -2.13. The van der Waals surface area contributed by atoms with Crippen molar-refractivity contribution in [3.05, 3.63) is 27.4 Å². The van der Waals surface area contributed by atoms with E-state index in [1.807, 2.05) is 0 Å². The van der Waals surface area contributed by atoms with Gasteiger partial charge >= 0.3 is 23.5 Å². The second-order valence-electron chi connectivity index (χ2n) is 5.19. The molecule has 0 spiro atoms. The highest BCUT2D eigenvalue weighted by Gasteiger charge is 2.41. The monoisotopic (exact) mass is 484 g/mol. The normalized spacial score (nSPS) is 25.0. The molecule has 1 aliphatic heterocycles. The summed E-state index contributed by atoms with van der Waals surface area (Å²) < 4.78 is 47.2. The van der Waals surface area contributed by atoms with Gasteiger partial charge in [0, 0.05) is 17.5 Å². The molecule has 1 aliphatic rings. The SMILES string of the molecule is O=c1ccn([C@H]2CC[C@@H](COP(=O)(O)OP(=O)(O)OP(=O)(O)O)S2)c(=S)[nH]1. The number of phosphoric ester groups is 1. The van der Waals surface area contributed by atoms with Crippen molar-refractivity contribution in [2.24, 2.45) is 0 Å². The van der Waals surface area contributed by atoms with E-state index in [0.717, 1.165) is 0 Å². The minimum atomic E-state index is -5.53. The molecule has 4 atom stereocenters. The Kier molecular flexibility index (Phi) is 7.46. The average Bonchev–Trinajstić information content (AvgIpc) is 2.90. The van der Waals surface area contributed by atoms with Crippen LogP contribution in [0.15, 0.2) is 17.1 Å². The molecule has 5 N–H and O–H groups in total. The van der Waals surface area contributed by atoms with E-state index >= 15 is 0 Å². The van der Waals surface area contributed by atoms with Gasteiger partial charge in [0.15, 0.2) is 4.77 Å². The smallest absolute Gasteiger partial charge is 0.313 e. The molecule has 13 nitrogen and oxygen atoms in total. The molecular weight excluding hydrogens is 469 g/mol. The number of nitrogens with one attached hydrogen (secondary N) is 1. The fourth-order valence-electron chi connectivity index (χ4n) is 2.15. The molecule has 1 aromatic heterocycles. The van der Waals surface area contributed by atoms with Crippen LogP contribution in [0, 0.1) is 4.77 Å². The van der Waals surface area contributed by atoms with Gasteiger partial charge in [-0.3, -0.25) is 14.3 Å². The van der Waals surface area contributed by atoms with Gasteiger partial charge in [-0.15, -0.1) is 11.8 Å². The minimum Gasteiger partial charge on any atom is -0.313 e. The zero-order valence-electron chi connectivity index (χ0n) is 13.2. The lowest BCUT2D eigenvalue weighted by atomic mass is 10.2. The maximum Gasteiger partial charge on any atom is 0.490 e. The predicted octanol–water partition coefficient (Wildman–Crippen LogP) is 1.64. The maximum atomic E-state index is 11.7. The van der Waals surface area contributed by atoms with Crippen LogP contribution in [0.25, 0.3) is 0 Å². The second-order valence-corrected chi connectivity index (χ2v) is 11.5. The van der Waals surface area contributed by atoms with Crippen LogP contribution >= 0.6 is 47.4 Å². The molecule has 27 heavy (non-hydrogen) atoms. The summed E-state index contributed by atoms with van der Waals surface area (Å²) in [7, 11) is -16.1. The number of hydrogen-bond acceptors (Lipinski definition) is 9. The van der Waals surface area contributed by atoms with E-state index in [9.17, 15) is 23.4 Å². The Morgan fingerprint density at radius 1 is 1.19 bits per heavy atom. The molecule has 2 heterocycles. The van der Waals surface area contributed by atoms with Crippen LogP contribution in [-0.4, -0.2) is 41.0 Å². The lowest BCUT2D eigenvalue weighted by molar-refractivity contribution is 0.172. The molecule has 0 bridgehead atoms. The molecular formula is C9H15N2O11P3S2. The topological polar surface area (TPSA) is 198 Å². The van der Waals surface area contributed by atoms with Crippen molar-refractivity contribution in [2.45, 2.75) is 23.5 Å². The molecule has 0 aromatic carbocycles. The van der Waals surface area contributed by atoms with Gasteiger partial charge in [-0.05, 0) is 25.1 Å². The van der Waals surface area contributed by atoms with Gasteiger partial charge in [0.2, 0.25) is 0 Å². The first-order chi connectivity index (χ1) is 12.3. The van der Waals surface area contributed by atoms with Gasteiger partial charge in [-0.2, -0.15) is 8.62 Å². The lowest BCUT2D eigenvalue weighted by Gasteiger charge is -2.18. The molecule has 0 radical (unpaired) electrons. The number of aromatic nitrogens is 2. The molecule has 1 aromatic rings. The zero-order chi connectivity index (χ0) is 20.5. The van der Waals surface area contributed by atoms with Crippen molar-refractivity contribution in [1.82, 2.24) is 9.55 Å². The van der Waals surface area contributed by atoms with Crippen LogP contribution < -0.4 is 5.56 Å². The van der Waals surface area contributed by atoms with E-state index in [-0.39, 0.29) is 27.6 Å². The average molecular weight is 484 g/mol. The van der Waals surface area contributed by atoms with Crippen molar-refractivity contribution >= 4 is 47.4 Å². The number of thioether (sulfide) groups is 1. The van der Waals surface area contributed by atoms with Crippen LogP contribution in [0.4, 0.5) is 0 Å². The van der Waals surface area contributed by atoms with Crippen molar-refractivity contribution in [3.8, 4) is 0 Å². The van der Waals surface area contributed by atoms with Gasteiger partial charge in [0.05, 0.1) is 12.0 Å². The summed E-state index contributed by atoms with van der Waals surface area (Å²) in [6.07, 6.45) is 2.66. The van der Waals surface area contributed by atoms with Crippen molar-refractivity contribution in [3.63, 3.8) is 0 Å². The molecule has 1 saturated heterocycles. The highest BCUT2D eigenvalue weighted by Crippen LogP contribution is 2.66. The standard InChI is InChI=1S/C9H15N2O11P3S2/c12-7-3-4-11(9(26)10-7)8-2-1-6(27-8)5-20-24(16,17)22-25(18,19)21-23(13,14)15/h3-4,6,8H,1-2,5H2,(H,16,17)(H,18,19)(H,10,12,26)(H2,13,14,15)/t6-,8+/m0/s1. The quantitative estimate of drug-likeness (QED) is 0.264. The fraction of sp³-hybridized carbons (Fsp3) is 0.556. The number of H-pyrrole nitrogens is 1. The van der Waals surface area contributed by atoms with Gasteiger partial charge in [-0.1, -0.05) is 0 Å². The Morgan fingerprint density at radius 2 is 1.85 bits per heavy atom. The Morgan fingerprint density at radius 3 is 2.44 bits per heavy atom. The van der Waals surface area contributed by atoms with E-state index < -0.39 is 23.5 Å². The van der Waals surface area contributed by atoms with E-state index in [4.69, 9.17) is 26.9 Å². The number of nitrogens with zero attached hydrogens (tertiary/aromatic N) is 1. The van der Waals surface area contributed by atoms with E-state index in [2.05, 4.69) is 18.1 Å². The summed E-state index contributed by atoms with van der Waals surface area (Å²) in [5.74, 6) is 0. The van der Waals surface area contributed by atoms with Gasteiger partial charge < -0.3 is 24.1 Å². The van der Waals surface area contributed by atoms with Crippen molar-refractivity contribution < 1.29 is 46.4 Å². The summed E-state index contributed by atoms with van der Waals surface area (Å²) in [5.41, 5.74) is -0.344. The Balaban J connectivity index is 1.92. The summed E-state index contributed by atoms with van der Waals surface area (Å²) >= 11 is 6.39. The molecule has 0 aliphatic carbocycles. The summed E-state index contributed by atoms with van der Waals surface area (Å²) in [4.78, 5) is 49.1. The second kappa shape index (κ2) is 8.70. The third-order valence-corrected chi connectivity index (χ3v) is 8.74. The van der Waals surface area contributed by atoms with Crippen molar-refractivity contribution in [1.29, 1.82) is 0 Å². The molecule has 0 amide bonds. The van der Waals surface area contributed by atoms with Gasteiger partial charge in [0.1, 0.15) is 0 Å². The maximum absolute atomic E-state index is 11.7. The Hall–Kier alpha value is -0.140. The van der Waals surface area contributed by atoms with Gasteiger partial charge in [-0.25, -0.2) is 13.7 Å². The fourth-order valence-corrected chi connectivity index (χ4v) is 7.11. The summed E-state index contributed by atoms with van der Waals surface area (Å²) in [6, 6.07) is 1.30. The molecule has 2 unspecified atom stereocenters. The third-order valence-electron chi connectivity index (χ3n) is 3.09. The molecule has 18 heteroatoms. The number of hydrogen-bond donors (Lipinski definition) is 5. The first-order valence-corrected chi connectivity index (χ1v) is 12.9. The van der Waals surface area contributed by atoms with Gasteiger partial charge in [0.25, 0.3) is 5.56 Å². The first kappa shape index (κ1) is 23.1. The highest BCUT2D eigenvalue weighted by molar-refractivity contribution is 8.00. The first-order valence-electron chi connectivity index (χ1n) is 7.02. The van der Waals surface area contributed by atoms with Crippen LogP contribution in [-0.2, 0) is 26.8 Å². The van der Waals surface area contributed by atoms with E-state index in [1.54, 1.807) is 4.57 Å². The summed E-state index contributed by atoms with van der Waals surface area (Å²) in [5, 5.41) is -0.474. The number of phosphoric acid groups is 3. The largest absolute Gasteiger partial charge is 0.490 e. The summed E-state index contributed by atoms with van der Waals surface area (Å²) in [6.45, 7) is -0.360.